The largest absolute Gasteiger partial charge is 0.342 e. The molecule has 2 aromatic rings. The van der Waals surface area contributed by atoms with Crippen molar-refractivity contribution in [1.82, 2.24) is 24.6 Å². The third-order valence-corrected chi connectivity index (χ3v) is 4.31. The van der Waals surface area contributed by atoms with Gasteiger partial charge in [0.25, 0.3) is 0 Å². The first-order chi connectivity index (χ1) is 11.7. The van der Waals surface area contributed by atoms with E-state index < -0.39 is 0 Å². The normalized spacial score (nSPS) is 17.7. The smallest absolute Gasteiger partial charge is 0.222 e. The molecule has 1 fully saturated rings. The van der Waals surface area contributed by atoms with E-state index in [1.165, 1.54) is 6.33 Å². The first kappa shape index (κ1) is 16.3. The molecule has 1 amide bonds. The predicted octanol–water partition coefficient (Wildman–Crippen LogP) is 1.57. The predicted molar refractivity (Wildman–Crippen MR) is 87.1 cm³/mol. The van der Waals surface area contributed by atoms with Crippen LogP contribution in [0.2, 0.25) is 0 Å². The summed E-state index contributed by atoms with van der Waals surface area (Å²) in [4.78, 5) is 34.7. The van der Waals surface area contributed by atoms with Crippen molar-refractivity contribution in [3.63, 3.8) is 0 Å². The van der Waals surface area contributed by atoms with E-state index in [0.717, 1.165) is 25.8 Å². The van der Waals surface area contributed by atoms with Gasteiger partial charge in [0.15, 0.2) is 5.78 Å². The number of carbonyl (C=O) groups is 2. The van der Waals surface area contributed by atoms with Gasteiger partial charge >= 0.3 is 0 Å². The van der Waals surface area contributed by atoms with E-state index >= 15 is 0 Å². The Morgan fingerprint density at radius 1 is 1.29 bits per heavy atom. The summed E-state index contributed by atoms with van der Waals surface area (Å²) >= 11 is 0. The van der Waals surface area contributed by atoms with E-state index in [0.29, 0.717) is 25.2 Å². The van der Waals surface area contributed by atoms with Crippen LogP contribution in [0.25, 0.3) is 0 Å². The fraction of sp³-hybridized carbons (Fsp3) is 0.471. The molecule has 1 saturated heterocycles. The highest BCUT2D eigenvalue weighted by atomic mass is 16.2. The average Bonchev–Trinajstić information content (AvgIpc) is 3.15. The number of hydrogen-bond donors (Lipinski definition) is 0. The lowest BCUT2D eigenvalue weighted by Gasteiger charge is -2.32. The number of nitrogens with zero attached hydrogens (tertiary/aromatic N) is 5. The van der Waals surface area contributed by atoms with Gasteiger partial charge in [-0.05, 0) is 31.4 Å². The van der Waals surface area contributed by atoms with Gasteiger partial charge < -0.3 is 4.90 Å². The summed E-state index contributed by atoms with van der Waals surface area (Å²) in [6, 6.07) is 5.35. The Morgan fingerprint density at radius 2 is 2.21 bits per heavy atom. The third kappa shape index (κ3) is 4.04. The molecule has 24 heavy (non-hydrogen) atoms. The number of likely N-dealkylation sites (tertiary alicyclic amines) is 1. The van der Waals surface area contributed by atoms with Crippen molar-refractivity contribution in [2.75, 3.05) is 13.1 Å². The second-order valence-electron chi connectivity index (χ2n) is 6.02. The van der Waals surface area contributed by atoms with Crippen LogP contribution in [0.15, 0.2) is 37.1 Å². The first-order valence-corrected chi connectivity index (χ1v) is 8.29. The van der Waals surface area contributed by atoms with Gasteiger partial charge in [0.1, 0.15) is 18.3 Å². The van der Waals surface area contributed by atoms with Crippen LogP contribution < -0.4 is 0 Å². The summed E-state index contributed by atoms with van der Waals surface area (Å²) in [5.74, 6) is -0.00253. The Labute approximate surface area is 140 Å². The van der Waals surface area contributed by atoms with Crippen LogP contribution in [-0.2, 0) is 11.3 Å². The van der Waals surface area contributed by atoms with Crippen molar-refractivity contribution in [1.29, 1.82) is 0 Å². The molecule has 0 aromatic carbocycles. The van der Waals surface area contributed by atoms with Gasteiger partial charge in [-0.1, -0.05) is 6.07 Å². The monoisotopic (exact) mass is 327 g/mol. The van der Waals surface area contributed by atoms with Crippen LogP contribution in [0.1, 0.15) is 36.2 Å². The van der Waals surface area contributed by atoms with Gasteiger partial charge in [-0.15, -0.1) is 0 Å². The fourth-order valence-electron chi connectivity index (χ4n) is 3.03. The number of pyridine rings is 1. The van der Waals surface area contributed by atoms with Gasteiger partial charge in [0.05, 0.1) is 0 Å². The Hall–Kier alpha value is -2.57. The molecule has 1 aliphatic heterocycles. The molecule has 3 rings (SSSR count). The van der Waals surface area contributed by atoms with Crippen LogP contribution in [0.4, 0.5) is 0 Å². The van der Waals surface area contributed by atoms with Crippen LogP contribution in [0, 0.1) is 5.92 Å². The molecule has 126 valence electrons. The molecule has 0 spiro atoms. The summed E-state index contributed by atoms with van der Waals surface area (Å²) in [5, 5.41) is 4.02. The SMILES string of the molecule is O=C(c1ccccn1)C1CCCN(C(=O)CCCn2cncn2)C1. The van der Waals surface area contributed by atoms with Crippen LogP contribution in [0.5, 0.6) is 0 Å². The van der Waals surface area contributed by atoms with E-state index in [4.69, 9.17) is 0 Å². The van der Waals surface area contributed by atoms with Crippen molar-refractivity contribution < 1.29 is 9.59 Å². The zero-order valence-corrected chi connectivity index (χ0v) is 13.5. The number of piperidine rings is 1. The molecular formula is C17H21N5O2. The highest BCUT2D eigenvalue weighted by molar-refractivity contribution is 5.96. The zero-order chi connectivity index (χ0) is 16.8. The molecule has 7 nitrogen and oxygen atoms in total. The lowest BCUT2D eigenvalue weighted by molar-refractivity contribution is -0.132. The van der Waals surface area contributed by atoms with Crippen molar-refractivity contribution in [2.45, 2.75) is 32.2 Å². The Morgan fingerprint density at radius 3 is 2.96 bits per heavy atom. The minimum Gasteiger partial charge on any atom is -0.342 e. The van der Waals surface area contributed by atoms with E-state index in [9.17, 15) is 9.59 Å². The highest BCUT2D eigenvalue weighted by Gasteiger charge is 2.29. The van der Waals surface area contributed by atoms with Crippen molar-refractivity contribution in [3.8, 4) is 0 Å². The quantitative estimate of drug-likeness (QED) is 0.752. The molecule has 2 aromatic heterocycles. The fourth-order valence-corrected chi connectivity index (χ4v) is 3.03. The van der Waals surface area contributed by atoms with E-state index in [1.54, 1.807) is 29.3 Å². The summed E-state index contributed by atoms with van der Waals surface area (Å²) in [7, 11) is 0. The Bertz CT molecular complexity index is 672. The number of carbonyl (C=O) groups excluding carboxylic acids is 2. The standard InChI is InChI=1S/C17H21N5O2/c23-16(7-4-10-22-13-18-12-20-22)21-9-3-5-14(11-21)17(24)15-6-1-2-8-19-15/h1-2,6,8,12-14H,3-5,7,9-11H2. The van der Waals surface area contributed by atoms with Gasteiger partial charge in [0.2, 0.25) is 5.91 Å². The summed E-state index contributed by atoms with van der Waals surface area (Å²) in [5.41, 5.74) is 0.489. The third-order valence-electron chi connectivity index (χ3n) is 4.31. The maximum Gasteiger partial charge on any atom is 0.222 e. The molecule has 1 unspecified atom stereocenters. The van der Waals surface area contributed by atoms with Crippen LogP contribution in [-0.4, -0.2) is 49.4 Å². The van der Waals surface area contributed by atoms with E-state index in [-0.39, 0.29) is 17.6 Å². The van der Waals surface area contributed by atoms with Crippen molar-refractivity contribution >= 4 is 11.7 Å². The van der Waals surface area contributed by atoms with Gasteiger partial charge in [0, 0.05) is 38.2 Å². The summed E-state index contributed by atoms with van der Waals surface area (Å²) in [6.07, 6.45) is 7.62. The molecule has 7 heteroatoms. The lowest BCUT2D eigenvalue weighted by atomic mass is 9.91. The molecule has 0 saturated carbocycles. The second-order valence-corrected chi connectivity index (χ2v) is 6.02. The van der Waals surface area contributed by atoms with Gasteiger partial charge in [-0.3, -0.25) is 19.3 Å². The summed E-state index contributed by atoms with van der Waals surface area (Å²) in [6.45, 7) is 1.90. The first-order valence-electron chi connectivity index (χ1n) is 8.29. The average molecular weight is 327 g/mol. The zero-order valence-electron chi connectivity index (χ0n) is 13.5. The van der Waals surface area contributed by atoms with Crippen LogP contribution in [0.3, 0.4) is 0 Å². The Kier molecular flexibility index (Phi) is 5.30. The molecular weight excluding hydrogens is 306 g/mol. The maximum absolute atomic E-state index is 12.5. The molecule has 0 N–H and O–H groups in total. The number of aryl methyl sites for hydroxylation is 1. The number of amides is 1. The van der Waals surface area contributed by atoms with Gasteiger partial charge in [-0.25, -0.2) is 4.98 Å². The minimum atomic E-state index is -0.145. The molecule has 0 aliphatic carbocycles. The Balaban J connectivity index is 1.51. The number of aromatic nitrogens is 4. The van der Waals surface area contributed by atoms with E-state index in [2.05, 4.69) is 15.1 Å². The number of hydrogen-bond acceptors (Lipinski definition) is 5. The topological polar surface area (TPSA) is 81.0 Å². The molecule has 0 bridgehead atoms. The van der Waals surface area contributed by atoms with Crippen molar-refractivity contribution in [3.05, 3.63) is 42.7 Å². The number of ketones is 1. The number of rotatable bonds is 6. The summed E-state index contributed by atoms with van der Waals surface area (Å²) < 4.78 is 1.72. The van der Waals surface area contributed by atoms with E-state index in [1.807, 2.05) is 11.0 Å². The maximum atomic E-state index is 12.5. The second kappa shape index (κ2) is 7.81. The molecule has 0 radical (unpaired) electrons. The van der Waals surface area contributed by atoms with Crippen molar-refractivity contribution in [2.24, 2.45) is 5.92 Å². The lowest BCUT2D eigenvalue weighted by Crippen LogP contribution is -2.42. The molecule has 3 heterocycles. The van der Waals surface area contributed by atoms with Gasteiger partial charge in [-0.2, -0.15) is 5.10 Å². The minimum absolute atomic E-state index is 0.0377. The van der Waals surface area contributed by atoms with Crippen LogP contribution >= 0.6 is 0 Å². The number of Topliss-reactive ketones (excluding diaryl/α,β-unsaturated/α-hetero) is 1. The molecule has 1 atom stereocenters. The highest BCUT2D eigenvalue weighted by Crippen LogP contribution is 2.21. The molecule has 1 aliphatic rings.